The molecule has 2 aromatic heterocycles. The average Bonchev–Trinajstić information content (AvgIpc) is 3.16. The molecule has 25 heavy (non-hydrogen) atoms. The maximum absolute atomic E-state index is 12.6. The SMILES string of the molecule is CC(C)(C)c1ccc(=O)n(CC2CCCN2C(=O)c2c[nH]c(=O)[nH]2)n1. The summed E-state index contributed by atoms with van der Waals surface area (Å²) in [6, 6.07) is 3.16. The number of carbonyl (C=O) groups excluding carboxylic acids is 1. The van der Waals surface area contributed by atoms with Crippen molar-refractivity contribution in [3.63, 3.8) is 0 Å². The molecule has 2 aromatic rings. The fourth-order valence-electron chi connectivity index (χ4n) is 3.07. The second-order valence-corrected chi connectivity index (χ2v) is 7.44. The molecule has 134 valence electrons. The van der Waals surface area contributed by atoms with Gasteiger partial charge in [-0.25, -0.2) is 9.48 Å². The Morgan fingerprint density at radius 1 is 1.32 bits per heavy atom. The third kappa shape index (κ3) is 3.57. The van der Waals surface area contributed by atoms with E-state index >= 15 is 0 Å². The number of nitrogens with zero attached hydrogens (tertiary/aromatic N) is 3. The van der Waals surface area contributed by atoms with Crippen molar-refractivity contribution in [1.82, 2.24) is 24.6 Å². The predicted molar refractivity (Wildman–Crippen MR) is 92.7 cm³/mol. The smallest absolute Gasteiger partial charge is 0.323 e. The summed E-state index contributed by atoms with van der Waals surface area (Å²) in [6.07, 6.45) is 3.04. The molecule has 8 nitrogen and oxygen atoms in total. The average molecular weight is 345 g/mol. The Morgan fingerprint density at radius 2 is 2.08 bits per heavy atom. The molecule has 0 bridgehead atoms. The summed E-state index contributed by atoms with van der Waals surface area (Å²) >= 11 is 0. The van der Waals surface area contributed by atoms with Gasteiger partial charge in [-0.1, -0.05) is 20.8 Å². The van der Waals surface area contributed by atoms with Gasteiger partial charge >= 0.3 is 5.69 Å². The van der Waals surface area contributed by atoms with Crippen molar-refractivity contribution < 1.29 is 4.79 Å². The molecule has 3 heterocycles. The lowest BCUT2D eigenvalue weighted by Gasteiger charge is -2.25. The summed E-state index contributed by atoms with van der Waals surface area (Å²) in [6.45, 7) is 7.07. The van der Waals surface area contributed by atoms with Crippen LogP contribution in [-0.2, 0) is 12.0 Å². The highest BCUT2D eigenvalue weighted by Gasteiger charge is 2.31. The normalized spacial score (nSPS) is 17.9. The van der Waals surface area contributed by atoms with Crippen LogP contribution in [0.5, 0.6) is 0 Å². The highest BCUT2D eigenvalue weighted by molar-refractivity contribution is 5.92. The Balaban J connectivity index is 1.83. The third-order valence-electron chi connectivity index (χ3n) is 4.48. The molecule has 1 unspecified atom stereocenters. The van der Waals surface area contributed by atoms with Crippen LogP contribution in [0, 0.1) is 0 Å². The van der Waals surface area contributed by atoms with E-state index in [0.29, 0.717) is 13.1 Å². The maximum atomic E-state index is 12.6. The molecule has 1 atom stereocenters. The van der Waals surface area contributed by atoms with Crippen molar-refractivity contribution >= 4 is 5.91 Å². The molecule has 1 amide bonds. The Bertz CT molecular complexity index is 886. The Hall–Kier alpha value is -2.64. The number of rotatable bonds is 3. The van der Waals surface area contributed by atoms with E-state index in [1.165, 1.54) is 16.9 Å². The number of likely N-dealkylation sites (tertiary alicyclic amines) is 1. The summed E-state index contributed by atoms with van der Waals surface area (Å²) in [5, 5.41) is 4.48. The van der Waals surface area contributed by atoms with Crippen LogP contribution in [0.25, 0.3) is 0 Å². The van der Waals surface area contributed by atoms with E-state index in [1.807, 2.05) is 20.8 Å². The lowest BCUT2D eigenvalue weighted by molar-refractivity contribution is 0.0714. The van der Waals surface area contributed by atoms with Crippen LogP contribution in [0.4, 0.5) is 0 Å². The fraction of sp³-hybridized carbons (Fsp3) is 0.529. The monoisotopic (exact) mass is 345 g/mol. The standard InChI is InChI=1S/C17H23N5O3/c1-17(2,3)13-6-7-14(23)22(20-13)10-11-5-4-8-21(11)15(24)12-9-18-16(25)19-12/h6-7,9,11H,4-5,8,10H2,1-3H3,(H2,18,19,25). The molecular weight excluding hydrogens is 322 g/mol. The number of hydrogen-bond acceptors (Lipinski definition) is 4. The van der Waals surface area contributed by atoms with Crippen molar-refractivity contribution in [3.8, 4) is 0 Å². The third-order valence-corrected chi connectivity index (χ3v) is 4.48. The van der Waals surface area contributed by atoms with Gasteiger partial charge in [0.1, 0.15) is 5.69 Å². The van der Waals surface area contributed by atoms with E-state index in [9.17, 15) is 14.4 Å². The van der Waals surface area contributed by atoms with Crippen LogP contribution in [0.1, 0.15) is 49.8 Å². The van der Waals surface area contributed by atoms with E-state index < -0.39 is 5.69 Å². The van der Waals surface area contributed by atoms with Gasteiger partial charge in [0.05, 0.1) is 18.3 Å². The molecule has 8 heteroatoms. The molecular formula is C17H23N5O3. The second kappa shape index (κ2) is 6.34. The predicted octanol–water partition coefficient (Wildman–Crippen LogP) is 0.862. The molecule has 3 rings (SSSR count). The highest BCUT2D eigenvalue weighted by Crippen LogP contribution is 2.21. The number of imidazole rings is 1. The first-order valence-electron chi connectivity index (χ1n) is 8.43. The number of carbonyl (C=O) groups is 1. The zero-order valence-corrected chi connectivity index (χ0v) is 14.7. The van der Waals surface area contributed by atoms with Crippen LogP contribution in [0.15, 0.2) is 27.9 Å². The lowest BCUT2D eigenvalue weighted by atomic mass is 9.92. The summed E-state index contributed by atoms with van der Waals surface area (Å²) in [5.41, 5.74) is 0.321. The minimum Gasteiger partial charge on any atom is -0.332 e. The van der Waals surface area contributed by atoms with Crippen molar-refractivity contribution in [2.45, 2.75) is 51.6 Å². The first-order valence-corrected chi connectivity index (χ1v) is 8.43. The van der Waals surface area contributed by atoms with E-state index in [1.54, 1.807) is 11.0 Å². The molecule has 1 aliphatic heterocycles. The van der Waals surface area contributed by atoms with E-state index in [0.717, 1.165) is 18.5 Å². The molecule has 1 fully saturated rings. The molecule has 0 aliphatic carbocycles. The van der Waals surface area contributed by atoms with Gasteiger partial charge in [-0.3, -0.25) is 9.59 Å². The molecule has 0 spiro atoms. The van der Waals surface area contributed by atoms with Crippen LogP contribution >= 0.6 is 0 Å². The first-order chi connectivity index (χ1) is 11.8. The maximum Gasteiger partial charge on any atom is 0.323 e. The van der Waals surface area contributed by atoms with Crippen molar-refractivity contribution in [2.24, 2.45) is 0 Å². The van der Waals surface area contributed by atoms with Crippen LogP contribution < -0.4 is 11.2 Å². The van der Waals surface area contributed by atoms with Gasteiger partial charge in [0.2, 0.25) is 0 Å². The van der Waals surface area contributed by atoms with Gasteiger partial charge < -0.3 is 14.9 Å². The van der Waals surface area contributed by atoms with E-state index in [2.05, 4.69) is 15.1 Å². The van der Waals surface area contributed by atoms with Gasteiger partial charge in [0.15, 0.2) is 0 Å². The van der Waals surface area contributed by atoms with Gasteiger partial charge in [0, 0.05) is 24.2 Å². The quantitative estimate of drug-likeness (QED) is 0.861. The molecule has 0 saturated carbocycles. The zero-order chi connectivity index (χ0) is 18.2. The molecule has 2 N–H and O–H groups in total. The molecule has 1 saturated heterocycles. The summed E-state index contributed by atoms with van der Waals surface area (Å²) < 4.78 is 1.44. The van der Waals surface area contributed by atoms with Crippen molar-refractivity contribution in [1.29, 1.82) is 0 Å². The summed E-state index contributed by atoms with van der Waals surface area (Å²) in [5.74, 6) is -0.235. The van der Waals surface area contributed by atoms with E-state index in [4.69, 9.17) is 0 Å². The minimum absolute atomic E-state index is 0.119. The Morgan fingerprint density at radius 3 is 2.72 bits per heavy atom. The molecule has 0 aromatic carbocycles. The summed E-state index contributed by atoms with van der Waals surface area (Å²) in [7, 11) is 0. The minimum atomic E-state index is -0.408. The number of nitrogens with one attached hydrogen (secondary N) is 2. The number of aromatic amines is 2. The van der Waals surface area contributed by atoms with Crippen molar-refractivity contribution in [2.75, 3.05) is 6.54 Å². The van der Waals surface area contributed by atoms with Gasteiger partial charge in [-0.2, -0.15) is 5.10 Å². The zero-order valence-electron chi connectivity index (χ0n) is 14.7. The van der Waals surface area contributed by atoms with Gasteiger partial charge in [0.25, 0.3) is 11.5 Å². The number of hydrogen-bond donors (Lipinski definition) is 2. The lowest BCUT2D eigenvalue weighted by Crippen LogP contribution is -2.41. The topological polar surface area (TPSA) is 104 Å². The van der Waals surface area contributed by atoms with Gasteiger partial charge in [-0.15, -0.1) is 0 Å². The second-order valence-electron chi connectivity index (χ2n) is 7.44. The fourth-order valence-corrected chi connectivity index (χ4v) is 3.07. The molecule has 1 aliphatic rings. The Kier molecular flexibility index (Phi) is 4.36. The number of aromatic nitrogens is 4. The first kappa shape index (κ1) is 17.2. The number of amides is 1. The van der Waals surface area contributed by atoms with Gasteiger partial charge in [-0.05, 0) is 18.9 Å². The number of H-pyrrole nitrogens is 2. The van der Waals surface area contributed by atoms with Crippen LogP contribution in [0.3, 0.4) is 0 Å². The molecule has 0 radical (unpaired) electrons. The van der Waals surface area contributed by atoms with Crippen LogP contribution in [-0.4, -0.2) is 43.1 Å². The van der Waals surface area contributed by atoms with Crippen LogP contribution in [0.2, 0.25) is 0 Å². The summed E-state index contributed by atoms with van der Waals surface area (Å²) in [4.78, 5) is 42.6. The van der Waals surface area contributed by atoms with Crippen molar-refractivity contribution in [3.05, 3.63) is 50.6 Å². The largest absolute Gasteiger partial charge is 0.332 e. The highest BCUT2D eigenvalue weighted by atomic mass is 16.2. The van der Waals surface area contributed by atoms with E-state index in [-0.39, 0.29) is 28.6 Å². The Labute approximate surface area is 144 Å².